The third-order valence-corrected chi connectivity index (χ3v) is 7.89. The van der Waals surface area contributed by atoms with Crippen molar-refractivity contribution in [1.82, 2.24) is 9.21 Å². The molecule has 184 valence electrons. The van der Waals surface area contributed by atoms with Crippen LogP contribution in [0.4, 0.5) is 0 Å². The standard InChI is InChI=1S/C27H30N2O5S/c1-20-17-29(19-25(34-20)22-12-8-5-9-13-22)27(30)23-14-15-24(33-3)26(16-23)35(31,32)28(2)18-21-10-6-4-7-11-21/h4-16,20,25H,17-19H2,1-3H3. The highest BCUT2D eigenvalue weighted by Crippen LogP contribution is 2.30. The number of benzene rings is 3. The molecule has 1 heterocycles. The third kappa shape index (κ3) is 5.56. The van der Waals surface area contributed by atoms with E-state index in [4.69, 9.17) is 9.47 Å². The van der Waals surface area contributed by atoms with Crippen LogP contribution in [0.5, 0.6) is 5.75 Å². The van der Waals surface area contributed by atoms with E-state index in [0.29, 0.717) is 18.7 Å². The monoisotopic (exact) mass is 494 g/mol. The molecule has 2 atom stereocenters. The van der Waals surface area contributed by atoms with Gasteiger partial charge in [-0.2, -0.15) is 4.31 Å². The van der Waals surface area contributed by atoms with Gasteiger partial charge >= 0.3 is 0 Å². The van der Waals surface area contributed by atoms with Crippen LogP contribution in [0.25, 0.3) is 0 Å². The average molecular weight is 495 g/mol. The molecule has 0 N–H and O–H groups in total. The molecule has 2 unspecified atom stereocenters. The van der Waals surface area contributed by atoms with Gasteiger partial charge in [-0.25, -0.2) is 8.42 Å². The van der Waals surface area contributed by atoms with Crippen LogP contribution in [0.3, 0.4) is 0 Å². The van der Waals surface area contributed by atoms with E-state index in [1.807, 2.05) is 67.6 Å². The fraction of sp³-hybridized carbons (Fsp3) is 0.296. The minimum Gasteiger partial charge on any atom is -0.495 e. The second kappa shape index (κ2) is 10.6. The molecule has 0 saturated carbocycles. The van der Waals surface area contributed by atoms with Gasteiger partial charge in [-0.1, -0.05) is 60.7 Å². The van der Waals surface area contributed by atoms with Gasteiger partial charge in [-0.05, 0) is 36.2 Å². The Balaban J connectivity index is 1.60. The van der Waals surface area contributed by atoms with Gasteiger partial charge in [0.05, 0.1) is 19.8 Å². The molecule has 1 aliphatic heterocycles. The van der Waals surface area contributed by atoms with E-state index < -0.39 is 10.0 Å². The Hall–Kier alpha value is -3.20. The molecule has 0 radical (unpaired) electrons. The first-order valence-corrected chi connectivity index (χ1v) is 12.9. The van der Waals surface area contributed by atoms with E-state index in [-0.39, 0.29) is 35.3 Å². The number of amides is 1. The number of nitrogens with zero attached hydrogens (tertiary/aromatic N) is 2. The largest absolute Gasteiger partial charge is 0.495 e. The van der Waals surface area contributed by atoms with Gasteiger partial charge in [0.25, 0.3) is 5.91 Å². The van der Waals surface area contributed by atoms with Gasteiger partial charge in [0.2, 0.25) is 10.0 Å². The molecule has 1 saturated heterocycles. The van der Waals surface area contributed by atoms with Gasteiger partial charge in [0, 0.05) is 25.7 Å². The van der Waals surface area contributed by atoms with Crippen molar-refractivity contribution in [1.29, 1.82) is 0 Å². The number of morpholine rings is 1. The van der Waals surface area contributed by atoms with Gasteiger partial charge in [0.15, 0.2) is 0 Å². The van der Waals surface area contributed by atoms with Crippen LogP contribution < -0.4 is 4.74 Å². The summed E-state index contributed by atoms with van der Waals surface area (Å²) in [6.07, 6.45) is -0.404. The summed E-state index contributed by atoms with van der Waals surface area (Å²) in [5.41, 5.74) is 2.15. The molecule has 1 aliphatic rings. The Labute approximate surface area is 206 Å². The number of hydrogen-bond donors (Lipinski definition) is 0. The first kappa shape index (κ1) is 24.9. The number of sulfonamides is 1. The van der Waals surface area contributed by atoms with Gasteiger partial charge < -0.3 is 14.4 Å². The molecule has 8 heteroatoms. The van der Waals surface area contributed by atoms with Crippen molar-refractivity contribution >= 4 is 15.9 Å². The molecule has 3 aromatic rings. The molecule has 35 heavy (non-hydrogen) atoms. The predicted octanol–water partition coefficient (Wildman–Crippen LogP) is 4.12. The molecular formula is C27H30N2O5S. The fourth-order valence-electron chi connectivity index (χ4n) is 4.26. The first-order valence-electron chi connectivity index (χ1n) is 11.5. The Morgan fingerprint density at radius 3 is 2.34 bits per heavy atom. The highest BCUT2D eigenvalue weighted by Gasteiger charge is 2.32. The minimum absolute atomic E-state index is 0.0369. The summed E-state index contributed by atoms with van der Waals surface area (Å²) in [4.78, 5) is 15.2. The van der Waals surface area contributed by atoms with E-state index in [1.54, 1.807) is 11.0 Å². The summed E-state index contributed by atoms with van der Waals surface area (Å²) < 4.78 is 39.6. The lowest BCUT2D eigenvalue weighted by Gasteiger charge is -2.37. The summed E-state index contributed by atoms with van der Waals surface area (Å²) in [5.74, 6) is -0.0511. The maximum Gasteiger partial charge on any atom is 0.254 e. The smallest absolute Gasteiger partial charge is 0.254 e. The number of hydrogen-bond acceptors (Lipinski definition) is 5. The van der Waals surface area contributed by atoms with Crippen LogP contribution in [-0.2, 0) is 21.3 Å². The van der Waals surface area contributed by atoms with Gasteiger partial charge in [-0.15, -0.1) is 0 Å². The van der Waals surface area contributed by atoms with E-state index >= 15 is 0 Å². The van der Waals surface area contributed by atoms with Crippen molar-refractivity contribution in [3.05, 3.63) is 95.6 Å². The summed E-state index contributed by atoms with van der Waals surface area (Å²) in [6.45, 7) is 2.93. The van der Waals surface area contributed by atoms with E-state index in [0.717, 1.165) is 11.1 Å². The third-order valence-electron chi connectivity index (χ3n) is 6.07. The lowest BCUT2D eigenvalue weighted by atomic mass is 10.1. The number of ether oxygens (including phenoxy) is 2. The highest BCUT2D eigenvalue weighted by atomic mass is 32.2. The number of carbonyl (C=O) groups is 1. The van der Waals surface area contributed by atoms with Gasteiger partial charge in [0.1, 0.15) is 16.7 Å². The topological polar surface area (TPSA) is 76.1 Å². The van der Waals surface area contributed by atoms with Crippen molar-refractivity contribution in [2.45, 2.75) is 30.6 Å². The molecule has 0 aliphatic carbocycles. The van der Waals surface area contributed by atoms with Crippen molar-refractivity contribution in [2.75, 3.05) is 27.2 Å². The second-order valence-electron chi connectivity index (χ2n) is 8.67. The van der Waals surface area contributed by atoms with Crippen LogP contribution in [0.2, 0.25) is 0 Å². The van der Waals surface area contributed by atoms with Gasteiger partial charge in [-0.3, -0.25) is 4.79 Å². The van der Waals surface area contributed by atoms with E-state index in [1.165, 1.54) is 30.6 Å². The Bertz CT molecular complexity index is 1270. The molecule has 1 fully saturated rings. The van der Waals surface area contributed by atoms with Crippen LogP contribution in [0.1, 0.15) is 34.5 Å². The van der Waals surface area contributed by atoms with Crippen molar-refractivity contribution < 1.29 is 22.7 Å². The zero-order chi connectivity index (χ0) is 25.0. The molecule has 0 bridgehead atoms. The summed E-state index contributed by atoms with van der Waals surface area (Å²) in [7, 11) is -0.982. The number of rotatable bonds is 7. The Morgan fingerprint density at radius 1 is 1.03 bits per heavy atom. The molecule has 4 rings (SSSR count). The lowest BCUT2D eigenvalue weighted by Crippen LogP contribution is -2.46. The van der Waals surface area contributed by atoms with E-state index in [2.05, 4.69) is 0 Å². The fourth-order valence-corrected chi connectivity index (χ4v) is 5.59. The maximum atomic E-state index is 13.5. The molecule has 0 spiro atoms. The average Bonchev–Trinajstić information content (AvgIpc) is 2.88. The molecule has 1 amide bonds. The highest BCUT2D eigenvalue weighted by molar-refractivity contribution is 7.89. The summed E-state index contributed by atoms with van der Waals surface area (Å²) >= 11 is 0. The molecule has 0 aromatic heterocycles. The SMILES string of the molecule is COc1ccc(C(=O)N2CC(C)OC(c3ccccc3)C2)cc1S(=O)(=O)N(C)Cc1ccccc1. The zero-order valence-electron chi connectivity index (χ0n) is 20.1. The number of carbonyl (C=O) groups excluding carboxylic acids is 1. The zero-order valence-corrected chi connectivity index (χ0v) is 20.9. The Kier molecular flexibility index (Phi) is 7.54. The minimum atomic E-state index is -3.92. The van der Waals surface area contributed by atoms with Crippen LogP contribution in [-0.4, -0.2) is 56.9 Å². The van der Waals surface area contributed by atoms with Crippen molar-refractivity contribution in [3.63, 3.8) is 0 Å². The summed E-state index contributed by atoms with van der Waals surface area (Å²) in [6, 6.07) is 23.7. The Morgan fingerprint density at radius 2 is 1.69 bits per heavy atom. The van der Waals surface area contributed by atoms with E-state index in [9.17, 15) is 13.2 Å². The van der Waals surface area contributed by atoms with Crippen molar-refractivity contribution in [2.24, 2.45) is 0 Å². The number of methoxy groups -OCH3 is 1. The maximum absolute atomic E-state index is 13.5. The summed E-state index contributed by atoms with van der Waals surface area (Å²) in [5, 5.41) is 0. The van der Waals surface area contributed by atoms with Crippen LogP contribution >= 0.6 is 0 Å². The normalized spacial score (nSPS) is 18.5. The first-order chi connectivity index (χ1) is 16.8. The molecule has 3 aromatic carbocycles. The molecule has 7 nitrogen and oxygen atoms in total. The predicted molar refractivity (Wildman–Crippen MR) is 134 cm³/mol. The quantitative estimate of drug-likeness (QED) is 0.494. The van der Waals surface area contributed by atoms with Crippen LogP contribution in [0.15, 0.2) is 83.8 Å². The second-order valence-corrected chi connectivity index (χ2v) is 10.7. The lowest BCUT2D eigenvalue weighted by molar-refractivity contribution is -0.0691. The molecular weight excluding hydrogens is 464 g/mol. The van der Waals surface area contributed by atoms with Crippen molar-refractivity contribution in [3.8, 4) is 5.75 Å². The van der Waals surface area contributed by atoms with Crippen LogP contribution in [0, 0.1) is 0 Å².